The first-order valence-corrected chi connectivity index (χ1v) is 9.10. The van der Waals surface area contributed by atoms with E-state index in [0.29, 0.717) is 15.6 Å². The highest BCUT2D eigenvalue weighted by molar-refractivity contribution is 7.94. The van der Waals surface area contributed by atoms with Crippen LogP contribution in [0.25, 0.3) is 0 Å². The lowest BCUT2D eigenvalue weighted by Crippen LogP contribution is -2.35. The second kappa shape index (κ2) is 5.44. The molecular formula is C15H17NO3S2. The Balaban J connectivity index is 2.07. The molecule has 0 radical (unpaired) electrons. The van der Waals surface area contributed by atoms with Crippen LogP contribution in [0.3, 0.4) is 0 Å². The summed E-state index contributed by atoms with van der Waals surface area (Å²) in [6, 6.07) is 9.30. The fourth-order valence-electron chi connectivity index (χ4n) is 2.63. The second-order valence-corrected chi connectivity index (χ2v) is 8.37. The van der Waals surface area contributed by atoms with E-state index in [9.17, 15) is 13.5 Å². The summed E-state index contributed by atoms with van der Waals surface area (Å²) in [5, 5.41) is 9.27. The highest BCUT2D eigenvalue weighted by Gasteiger charge is 2.30. The van der Waals surface area contributed by atoms with Gasteiger partial charge in [0.1, 0.15) is 4.21 Å². The minimum absolute atomic E-state index is 0.122. The lowest BCUT2D eigenvalue weighted by Gasteiger charge is -2.29. The van der Waals surface area contributed by atoms with E-state index in [1.807, 2.05) is 31.2 Å². The number of fused-ring (bicyclic) bond motifs is 1. The van der Waals surface area contributed by atoms with E-state index in [0.717, 1.165) is 41.0 Å². The summed E-state index contributed by atoms with van der Waals surface area (Å²) in [7, 11) is -3.55. The van der Waals surface area contributed by atoms with E-state index in [1.54, 1.807) is 6.07 Å². The highest BCUT2D eigenvalue weighted by atomic mass is 32.2. The van der Waals surface area contributed by atoms with Crippen LogP contribution in [0.5, 0.6) is 0 Å². The van der Waals surface area contributed by atoms with Crippen LogP contribution in [0, 0.1) is 6.92 Å². The molecular weight excluding hydrogens is 306 g/mol. The van der Waals surface area contributed by atoms with Crippen molar-refractivity contribution in [2.75, 3.05) is 10.8 Å². The van der Waals surface area contributed by atoms with Crippen molar-refractivity contribution in [3.8, 4) is 0 Å². The molecule has 0 spiro atoms. The van der Waals surface area contributed by atoms with Gasteiger partial charge in [-0.05, 0) is 43.0 Å². The van der Waals surface area contributed by atoms with E-state index in [-0.39, 0.29) is 6.61 Å². The molecule has 1 aromatic carbocycles. The Morgan fingerprint density at radius 1 is 1.33 bits per heavy atom. The molecule has 2 aromatic rings. The monoisotopic (exact) mass is 323 g/mol. The number of aliphatic hydroxyl groups is 1. The first kappa shape index (κ1) is 14.6. The number of aryl methyl sites for hydroxylation is 2. The van der Waals surface area contributed by atoms with Gasteiger partial charge in [-0.25, -0.2) is 8.42 Å². The smallest absolute Gasteiger partial charge is 0.273 e. The third-order valence-corrected chi connectivity index (χ3v) is 7.24. The summed E-state index contributed by atoms with van der Waals surface area (Å²) in [5.41, 5.74) is 2.68. The molecule has 0 saturated heterocycles. The number of benzene rings is 1. The van der Waals surface area contributed by atoms with E-state index >= 15 is 0 Å². The van der Waals surface area contributed by atoms with Crippen LogP contribution in [-0.4, -0.2) is 20.1 Å². The lowest BCUT2D eigenvalue weighted by molar-refractivity contribution is 0.285. The van der Waals surface area contributed by atoms with Crippen LogP contribution in [0.1, 0.15) is 22.4 Å². The normalized spacial score (nSPS) is 15.0. The van der Waals surface area contributed by atoms with E-state index in [4.69, 9.17) is 0 Å². The standard InChI is InChI=1S/C15H17NO3S2/c1-11-9-15(20-14(11)10-17)21(18,19)16-8-4-6-12-5-2-3-7-13(12)16/h2-3,5,7,9,17H,4,6,8,10H2,1H3. The number of anilines is 1. The molecule has 21 heavy (non-hydrogen) atoms. The molecule has 0 unspecified atom stereocenters. The Morgan fingerprint density at radius 3 is 2.81 bits per heavy atom. The topological polar surface area (TPSA) is 57.6 Å². The minimum Gasteiger partial charge on any atom is -0.391 e. The summed E-state index contributed by atoms with van der Waals surface area (Å²) >= 11 is 1.16. The summed E-state index contributed by atoms with van der Waals surface area (Å²) in [4.78, 5) is 0.707. The van der Waals surface area contributed by atoms with Crippen molar-refractivity contribution >= 4 is 27.0 Å². The maximum Gasteiger partial charge on any atom is 0.273 e. The van der Waals surface area contributed by atoms with Crippen molar-refractivity contribution in [2.45, 2.75) is 30.6 Å². The van der Waals surface area contributed by atoms with Crippen molar-refractivity contribution in [2.24, 2.45) is 0 Å². The maximum atomic E-state index is 12.9. The van der Waals surface area contributed by atoms with Gasteiger partial charge in [-0.1, -0.05) is 18.2 Å². The van der Waals surface area contributed by atoms with E-state index < -0.39 is 10.0 Å². The maximum absolute atomic E-state index is 12.9. The molecule has 3 rings (SSSR count). The molecule has 2 heterocycles. The second-order valence-electron chi connectivity index (χ2n) is 5.14. The van der Waals surface area contributed by atoms with Crippen LogP contribution in [0.2, 0.25) is 0 Å². The van der Waals surface area contributed by atoms with Crippen molar-refractivity contribution in [1.29, 1.82) is 0 Å². The molecule has 112 valence electrons. The molecule has 6 heteroatoms. The highest BCUT2D eigenvalue weighted by Crippen LogP contribution is 2.35. The summed E-state index contributed by atoms with van der Waals surface area (Å²) in [6.45, 7) is 2.21. The van der Waals surface area contributed by atoms with Crippen molar-refractivity contribution in [1.82, 2.24) is 0 Å². The molecule has 1 aliphatic heterocycles. The van der Waals surface area contributed by atoms with Gasteiger partial charge in [0, 0.05) is 11.4 Å². The molecule has 0 atom stereocenters. The van der Waals surface area contributed by atoms with Gasteiger partial charge in [-0.15, -0.1) is 11.3 Å². The number of nitrogens with zero attached hydrogens (tertiary/aromatic N) is 1. The van der Waals surface area contributed by atoms with Crippen LogP contribution in [0.4, 0.5) is 5.69 Å². The molecule has 0 fully saturated rings. The minimum atomic E-state index is -3.55. The zero-order chi connectivity index (χ0) is 15.0. The summed E-state index contributed by atoms with van der Waals surface area (Å²) in [6.07, 6.45) is 1.74. The zero-order valence-corrected chi connectivity index (χ0v) is 13.4. The Hall–Kier alpha value is -1.37. The fraction of sp³-hybridized carbons (Fsp3) is 0.333. The third kappa shape index (κ3) is 2.47. The summed E-state index contributed by atoms with van der Waals surface area (Å²) in [5.74, 6) is 0. The van der Waals surface area contributed by atoms with Crippen LogP contribution in [-0.2, 0) is 23.1 Å². The fourth-order valence-corrected chi connectivity index (χ4v) is 5.74. The molecule has 1 N–H and O–H groups in total. The largest absolute Gasteiger partial charge is 0.391 e. The van der Waals surface area contributed by atoms with Gasteiger partial charge in [0.25, 0.3) is 10.0 Å². The quantitative estimate of drug-likeness (QED) is 0.945. The van der Waals surface area contributed by atoms with Crippen LogP contribution in [0.15, 0.2) is 34.5 Å². The van der Waals surface area contributed by atoms with Gasteiger partial charge in [0.05, 0.1) is 12.3 Å². The average molecular weight is 323 g/mol. The Bertz CT molecular complexity index is 765. The number of hydrogen-bond donors (Lipinski definition) is 1. The van der Waals surface area contributed by atoms with Crippen molar-refractivity contribution < 1.29 is 13.5 Å². The van der Waals surface area contributed by atoms with Gasteiger partial charge in [-0.3, -0.25) is 4.31 Å². The third-order valence-electron chi connectivity index (χ3n) is 3.75. The SMILES string of the molecule is Cc1cc(S(=O)(=O)N2CCCc3ccccc32)sc1CO. The molecule has 0 amide bonds. The van der Waals surface area contributed by atoms with Gasteiger partial charge in [0.15, 0.2) is 0 Å². The zero-order valence-electron chi connectivity index (χ0n) is 11.7. The van der Waals surface area contributed by atoms with Gasteiger partial charge in [0.2, 0.25) is 0 Å². The van der Waals surface area contributed by atoms with Crippen LogP contribution >= 0.6 is 11.3 Å². The molecule has 0 saturated carbocycles. The number of sulfonamides is 1. The van der Waals surface area contributed by atoms with Crippen LogP contribution < -0.4 is 4.31 Å². The summed E-state index contributed by atoms with van der Waals surface area (Å²) < 4.78 is 27.6. The predicted octanol–water partition coefficient (Wildman–Crippen LogP) is 2.69. The van der Waals surface area contributed by atoms with E-state index in [2.05, 4.69) is 0 Å². The molecule has 4 nitrogen and oxygen atoms in total. The first-order valence-electron chi connectivity index (χ1n) is 6.85. The van der Waals surface area contributed by atoms with E-state index in [1.165, 1.54) is 4.31 Å². The van der Waals surface area contributed by atoms with Gasteiger partial charge in [-0.2, -0.15) is 0 Å². The number of para-hydroxylation sites is 1. The lowest BCUT2D eigenvalue weighted by atomic mass is 10.0. The Kier molecular flexibility index (Phi) is 3.77. The number of rotatable bonds is 3. The molecule has 1 aromatic heterocycles. The molecule has 0 bridgehead atoms. The van der Waals surface area contributed by atoms with Crippen molar-refractivity contribution in [3.63, 3.8) is 0 Å². The Labute approximate surface area is 128 Å². The Morgan fingerprint density at radius 2 is 2.10 bits per heavy atom. The number of thiophene rings is 1. The number of hydrogen-bond acceptors (Lipinski definition) is 4. The van der Waals surface area contributed by atoms with Gasteiger partial charge >= 0.3 is 0 Å². The first-order chi connectivity index (χ1) is 10.0. The van der Waals surface area contributed by atoms with Crippen molar-refractivity contribution in [3.05, 3.63) is 46.3 Å². The average Bonchev–Trinajstić information content (AvgIpc) is 2.88. The molecule has 0 aliphatic carbocycles. The predicted molar refractivity (Wildman–Crippen MR) is 84.3 cm³/mol. The van der Waals surface area contributed by atoms with Gasteiger partial charge < -0.3 is 5.11 Å². The number of aliphatic hydroxyl groups excluding tert-OH is 1. The molecule has 1 aliphatic rings.